The van der Waals surface area contributed by atoms with E-state index in [0.717, 1.165) is 37.1 Å². The van der Waals surface area contributed by atoms with Crippen molar-refractivity contribution in [3.8, 4) is 11.5 Å². The fourth-order valence-electron chi connectivity index (χ4n) is 5.57. The van der Waals surface area contributed by atoms with Gasteiger partial charge in [0.1, 0.15) is 18.1 Å². The van der Waals surface area contributed by atoms with Crippen LogP contribution >= 0.6 is 0 Å². The highest BCUT2D eigenvalue weighted by Crippen LogP contribution is 2.37. The average molecular weight is 525 g/mol. The molecule has 0 bridgehead atoms. The van der Waals surface area contributed by atoms with Gasteiger partial charge in [-0.2, -0.15) is 0 Å². The first-order valence-electron chi connectivity index (χ1n) is 13.4. The Labute approximate surface area is 226 Å². The Morgan fingerprint density at radius 2 is 1.84 bits per heavy atom. The zero-order valence-corrected chi connectivity index (χ0v) is 23.0. The van der Waals surface area contributed by atoms with Crippen LogP contribution in [0.25, 0.3) is 0 Å². The van der Waals surface area contributed by atoms with Crippen molar-refractivity contribution in [1.82, 2.24) is 9.80 Å². The zero-order chi connectivity index (χ0) is 27.1. The topological polar surface area (TPSA) is 54.4 Å². The second-order valence-electron chi connectivity index (χ2n) is 10.5. The predicted octanol–water partition coefficient (Wildman–Crippen LogP) is 4.81. The lowest BCUT2D eigenvalue weighted by atomic mass is 9.72. The van der Waals surface area contributed by atoms with Crippen molar-refractivity contribution in [3.05, 3.63) is 82.9 Å². The first-order chi connectivity index (χ1) is 18.4. The molecule has 2 aromatic carbocycles. The molecular weight excluding hydrogens is 483 g/mol. The molecule has 0 spiro atoms. The van der Waals surface area contributed by atoms with E-state index in [1.54, 1.807) is 32.4 Å². The van der Waals surface area contributed by atoms with Gasteiger partial charge in [0.05, 0.1) is 13.7 Å². The summed E-state index contributed by atoms with van der Waals surface area (Å²) in [6, 6.07) is 11.1. The number of halogens is 1. The van der Waals surface area contributed by atoms with E-state index in [1.165, 1.54) is 11.1 Å². The number of allylic oxidation sites excluding steroid dienone is 1. The summed E-state index contributed by atoms with van der Waals surface area (Å²) in [5.41, 5.74) is 3.47. The molecular formula is C31H41FN2O4. The van der Waals surface area contributed by atoms with Crippen molar-refractivity contribution < 1.29 is 23.7 Å². The van der Waals surface area contributed by atoms with E-state index >= 15 is 0 Å². The van der Waals surface area contributed by atoms with Gasteiger partial charge < -0.3 is 24.2 Å². The molecule has 2 aromatic rings. The van der Waals surface area contributed by atoms with E-state index in [-0.39, 0.29) is 17.6 Å². The van der Waals surface area contributed by atoms with Gasteiger partial charge in [0.25, 0.3) is 0 Å². The number of phenolic OH excluding ortho intramolecular Hbond substituents is 1. The van der Waals surface area contributed by atoms with Crippen molar-refractivity contribution in [1.29, 1.82) is 0 Å². The number of benzene rings is 2. The Morgan fingerprint density at radius 1 is 1.03 bits per heavy atom. The number of aryl methyl sites for hydroxylation is 1. The molecule has 0 heterocycles. The fraction of sp³-hybridized carbons (Fsp3) is 0.484. The van der Waals surface area contributed by atoms with E-state index in [2.05, 4.69) is 41.1 Å². The molecule has 0 radical (unpaired) electrons. The van der Waals surface area contributed by atoms with E-state index in [0.29, 0.717) is 43.9 Å². The highest BCUT2D eigenvalue weighted by Gasteiger charge is 2.34. The summed E-state index contributed by atoms with van der Waals surface area (Å²) in [7, 11) is 7.46. The number of hydrogen-bond acceptors (Lipinski definition) is 6. The molecule has 0 fully saturated rings. The van der Waals surface area contributed by atoms with Gasteiger partial charge in [0, 0.05) is 32.8 Å². The number of phenols is 1. The van der Waals surface area contributed by atoms with Gasteiger partial charge in [0.15, 0.2) is 11.6 Å². The van der Waals surface area contributed by atoms with E-state index in [9.17, 15) is 9.50 Å². The van der Waals surface area contributed by atoms with Crippen LogP contribution in [0.5, 0.6) is 11.5 Å². The molecule has 2 aliphatic rings. The number of likely N-dealkylation sites (N-methyl/N-ethyl adjacent to an activating group) is 2. The van der Waals surface area contributed by atoms with Crippen LogP contribution in [0.3, 0.4) is 0 Å². The van der Waals surface area contributed by atoms with Crippen LogP contribution in [0.1, 0.15) is 23.1 Å². The summed E-state index contributed by atoms with van der Waals surface area (Å²) in [5.74, 6) is 1.91. The highest BCUT2D eigenvalue weighted by atomic mass is 19.1. The molecule has 4 rings (SSSR count). The Bertz CT molecular complexity index is 1130. The molecule has 0 amide bonds. The number of ether oxygens (including phenoxy) is 3. The van der Waals surface area contributed by atoms with Gasteiger partial charge in [-0.15, -0.1) is 0 Å². The maximum absolute atomic E-state index is 14.9. The molecule has 38 heavy (non-hydrogen) atoms. The second-order valence-corrected chi connectivity index (χ2v) is 10.5. The number of aromatic hydroxyl groups is 1. The van der Waals surface area contributed by atoms with Crippen LogP contribution < -0.4 is 4.74 Å². The largest absolute Gasteiger partial charge is 0.508 e. The summed E-state index contributed by atoms with van der Waals surface area (Å²) in [4.78, 5) is 4.37. The molecule has 2 aliphatic carbocycles. The summed E-state index contributed by atoms with van der Waals surface area (Å²) in [5, 5.41) is 9.86. The summed E-state index contributed by atoms with van der Waals surface area (Å²) in [6.45, 7) is 3.19. The minimum atomic E-state index is -0.337. The molecule has 206 valence electrons. The first kappa shape index (κ1) is 28.1. The lowest BCUT2D eigenvalue weighted by Gasteiger charge is -2.39. The van der Waals surface area contributed by atoms with Crippen molar-refractivity contribution in [2.45, 2.75) is 31.8 Å². The Morgan fingerprint density at radius 3 is 2.61 bits per heavy atom. The Hall–Kier alpha value is -2.87. The first-order valence-corrected chi connectivity index (χ1v) is 13.4. The fourth-order valence-corrected chi connectivity index (χ4v) is 5.57. The van der Waals surface area contributed by atoms with Crippen LogP contribution in [-0.2, 0) is 28.9 Å². The maximum atomic E-state index is 14.9. The lowest BCUT2D eigenvalue weighted by Crippen LogP contribution is -2.41. The Kier molecular flexibility index (Phi) is 9.83. The molecule has 3 atom stereocenters. The SMILES string of the molecule is COCCN(C)CCOc1ccc(CN(C)C2C=C(OC)C=CC2[C@@H]2CCc3cc(O)ccc3C2)cc1F. The quantitative estimate of drug-likeness (QED) is 0.430. The van der Waals surface area contributed by atoms with Crippen LogP contribution in [-0.4, -0.2) is 75.6 Å². The highest BCUT2D eigenvalue weighted by molar-refractivity contribution is 5.37. The molecule has 2 unspecified atom stereocenters. The van der Waals surface area contributed by atoms with Gasteiger partial charge in [0.2, 0.25) is 0 Å². The predicted molar refractivity (Wildman–Crippen MR) is 148 cm³/mol. The molecule has 6 nitrogen and oxygen atoms in total. The van der Waals surface area contributed by atoms with Crippen LogP contribution in [0.4, 0.5) is 4.39 Å². The molecule has 1 N–H and O–H groups in total. The molecule has 0 saturated carbocycles. The van der Waals surface area contributed by atoms with Crippen molar-refractivity contribution in [2.24, 2.45) is 11.8 Å². The minimum absolute atomic E-state index is 0.125. The normalized spacial score (nSPS) is 20.9. The number of methoxy groups -OCH3 is 2. The number of hydrogen-bond donors (Lipinski definition) is 1. The van der Waals surface area contributed by atoms with Crippen molar-refractivity contribution in [2.75, 3.05) is 54.6 Å². The number of rotatable bonds is 12. The smallest absolute Gasteiger partial charge is 0.165 e. The van der Waals surface area contributed by atoms with Gasteiger partial charge in [-0.25, -0.2) is 4.39 Å². The van der Waals surface area contributed by atoms with E-state index in [4.69, 9.17) is 14.2 Å². The van der Waals surface area contributed by atoms with Gasteiger partial charge in [-0.1, -0.05) is 18.2 Å². The third-order valence-corrected chi connectivity index (χ3v) is 7.79. The summed E-state index contributed by atoms with van der Waals surface area (Å²) < 4.78 is 31.2. The van der Waals surface area contributed by atoms with E-state index < -0.39 is 0 Å². The van der Waals surface area contributed by atoms with Crippen molar-refractivity contribution >= 4 is 0 Å². The van der Waals surface area contributed by atoms with Gasteiger partial charge >= 0.3 is 0 Å². The zero-order valence-electron chi connectivity index (χ0n) is 23.0. The maximum Gasteiger partial charge on any atom is 0.165 e. The lowest BCUT2D eigenvalue weighted by molar-refractivity contribution is 0.149. The second kappa shape index (κ2) is 13.3. The average Bonchev–Trinajstić information content (AvgIpc) is 2.92. The summed E-state index contributed by atoms with van der Waals surface area (Å²) >= 11 is 0. The monoisotopic (exact) mass is 524 g/mol. The van der Waals surface area contributed by atoms with Gasteiger partial charge in [-0.05, 0) is 98.3 Å². The van der Waals surface area contributed by atoms with Crippen LogP contribution in [0.15, 0.2) is 60.4 Å². The van der Waals surface area contributed by atoms with E-state index in [1.807, 2.05) is 19.2 Å². The molecule has 0 aliphatic heterocycles. The third-order valence-electron chi connectivity index (χ3n) is 7.79. The standard InChI is InChI=1S/C31H41FN2O4/c1-33(13-15-36-3)14-16-38-31-12-5-22(17-29(31)32)21-34(2)30-20-27(37-4)10-11-28(30)25-7-6-24-19-26(35)9-8-23(24)18-25/h5,8-12,17,19-20,25,28,30,35H,6-7,13-16,18,21H2,1-4H3/t25-,28?,30?/m1/s1. The Balaban J connectivity index is 1.40. The van der Waals surface area contributed by atoms with Gasteiger partial charge in [-0.3, -0.25) is 4.90 Å². The number of nitrogens with zero attached hydrogens (tertiary/aromatic N) is 2. The number of fused-ring (bicyclic) bond motifs is 1. The van der Waals surface area contributed by atoms with Crippen molar-refractivity contribution in [3.63, 3.8) is 0 Å². The van der Waals surface area contributed by atoms with Crippen LogP contribution in [0, 0.1) is 17.7 Å². The molecule has 0 saturated heterocycles. The minimum Gasteiger partial charge on any atom is -0.508 e. The molecule has 7 heteroatoms. The third kappa shape index (κ3) is 7.16. The van der Waals surface area contributed by atoms with Crippen LogP contribution in [0.2, 0.25) is 0 Å². The molecule has 0 aromatic heterocycles. The summed E-state index contributed by atoms with van der Waals surface area (Å²) in [6.07, 6.45) is 9.53.